The minimum Gasteiger partial charge on any atom is -0.443 e. The van der Waals surface area contributed by atoms with Crippen molar-refractivity contribution in [1.29, 1.82) is 0 Å². The number of imidazole rings is 1. The first-order valence-corrected chi connectivity index (χ1v) is 13.1. The van der Waals surface area contributed by atoms with E-state index in [1.54, 1.807) is 0 Å². The van der Waals surface area contributed by atoms with E-state index in [4.69, 9.17) is 4.42 Å². The number of amides is 1. The standard InChI is InChI=1S/C30H25F3N4O2/c31-30(32,33)23-8-10-26-25(14-23)35-28(37(26)16-18-11-12-36(15-18)29(38)21-5-6-21)20-3-1-19(2-4-20)22-7-9-24-27(13-22)39-17-34-24/h1-4,7-10,13-14,17-18,21H,5-6,11-12,15-16H2/t18-/m1/s1. The van der Waals surface area contributed by atoms with Gasteiger partial charge in [-0.25, -0.2) is 9.97 Å². The molecular formula is C30H25F3N4O2. The first-order valence-electron chi connectivity index (χ1n) is 13.1. The van der Waals surface area contributed by atoms with Crippen LogP contribution in [0.1, 0.15) is 24.8 Å². The maximum Gasteiger partial charge on any atom is 0.416 e. The summed E-state index contributed by atoms with van der Waals surface area (Å²) in [5, 5.41) is 0. The van der Waals surface area contributed by atoms with Crippen LogP contribution in [0, 0.1) is 11.8 Å². The lowest BCUT2D eigenvalue weighted by Crippen LogP contribution is -2.30. The third-order valence-corrected chi connectivity index (χ3v) is 7.85. The number of aromatic nitrogens is 3. The third-order valence-electron chi connectivity index (χ3n) is 7.85. The summed E-state index contributed by atoms with van der Waals surface area (Å²) in [7, 11) is 0. The number of hydrogen-bond donors (Lipinski definition) is 0. The molecule has 1 saturated carbocycles. The number of halogens is 3. The van der Waals surface area contributed by atoms with Crippen LogP contribution in [-0.2, 0) is 17.5 Å². The summed E-state index contributed by atoms with van der Waals surface area (Å²) in [6.45, 7) is 1.97. The van der Waals surface area contributed by atoms with Crippen molar-refractivity contribution in [1.82, 2.24) is 19.4 Å². The Hall–Kier alpha value is -4.14. The van der Waals surface area contributed by atoms with Gasteiger partial charge in [-0.1, -0.05) is 30.3 Å². The van der Waals surface area contributed by atoms with E-state index < -0.39 is 11.7 Å². The number of carbonyl (C=O) groups excluding carboxylic acids is 1. The van der Waals surface area contributed by atoms with Gasteiger partial charge in [0, 0.05) is 31.1 Å². The van der Waals surface area contributed by atoms with Crippen LogP contribution < -0.4 is 0 Å². The lowest BCUT2D eigenvalue weighted by Gasteiger charge is -2.18. The van der Waals surface area contributed by atoms with Gasteiger partial charge < -0.3 is 13.9 Å². The van der Waals surface area contributed by atoms with Gasteiger partial charge in [-0.05, 0) is 66.6 Å². The van der Waals surface area contributed by atoms with E-state index >= 15 is 0 Å². The van der Waals surface area contributed by atoms with E-state index in [0.717, 1.165) is 60.1 Å². The van der Waals surface area contributed by atoms with Gasteiger partial charge in [0.15, 0.2) is 12.0 Å². The smallest absolute Gasteiger partial charge is 0.416 e. The first kappa shape index (κ1) is 23.9. The molecule has 7 rings (SSSR count). The summed E-state index contributed by atoms with van der Waals surface area (Å²) in [5.41, 5.74) is 4.49. The number of likely N-dealkylation sites (tertiary alicyclic amines) is 1. The molecule has 1 amide bonds. The number of oxazole rings is 1. The Morgan fingerprint density at radius 2 is 1.69 bits per heavy atom. The topological polar surface area (TPSA) is 64.2 Å². The van der Waals surface area contributed by atoms with Crippen molar-refractivity contribution in [2.75, 3.05) is 13.1 Å². The second-order valence-electron chi connectivity index (χ2n) is 10.6. The Labute approximate surface area is 222 Å². The van der Waals surface area contributed by atoms with Crippen LogP contribution >= 0.6 is 0 Å². The SMILES string of the molecule is O=C(C1CC1)N1CC[C@@H](Cn2c(-c3ccc(-c4ccc5ncoc5c4)cc3)nc3cc(C(F)(F)F)ccc32)C1. The Kier molecular flexibility index (Phi) is 5.50. The highest BCUT2D eigenvalue weighted by Gasteiger charge is 2.37. The maximum absolute atomic E-state index is 13.5. The van der Waals surface area contributed by atoms with E-state index in [1.165, 1.54) is 12.5 Å². The minimum absolute atomic E-state index is 0.178. The number of rotatable bonds is 5. The van der Waals surface area contributed by atoms with E-state index in [-0.39, 0.29) is 17.7 Å². The van der Waals surface area contributed by atoms with Gasteiger partial charge in [0.2, 0.25) is 5.91 Å². The fraction of sp³-hybridized carbons (Fsp3) is 0.300. The van der Waals surface area contributed by atoms with Crippen LogP contribution in [0.2, 0.25) is 0 Å². The van der Waals surface area contributed by atoms with Crippen LogP contribution in [0.5, 0.6) is 0 Å². The highest BCUT2D eigenvalue weighted by molar-refractivity contribution is 5.84. The maximum atomic E-state index is 13.5. The summed E-state index contributed by atoms with van der Waals surface area (Å²) >= 11 is 0. The molecule has 3 aromatic carbocycles. The molecule has 0 radical (unpaired) electrons. The second kappa shape index (κ2) is 8.97. The minimum atomic E-state index is -4.44. The van der Waals surface area contributed by atoms with Crippen LogP contribution in [0.4, 0.5) is 13.2 Å². The van der Waals surface area contributed by atoms with Crippen molar-refractivity contribution in [2.24, 2.45) is 11.8 Å². The quantitative estimate of drug-likeness (QED) is 0.251. The molecule has 1 aliphatic carbocycles. The Bertz CT molecular complexity index is 1700. The number of nitrogens with zero attached hydrogens (tertiary/aromatic N) is 4. The van der Waals surface area contributed by atoms with Crippen molar-refractivity contribution in [3.63, 3.8) is 0 Å². The number of benzene rings is 3. The van der Waals surface area contributed by atoms with Crippen molar-refractivity contribution < 1.29 is 22.4 Å². The largest absolute Gasteiger partial charge is 0.443 e. The summed E-state index contributed by atoms with van der Waals surface area (Å²) in [4.78, 5) is 23.4. The highest BCUT2D eigenvalue weighted by atomic mass is 19.4. The molecular weight excluding hydrogens is 505 g/mol. The molecule has 1 saturated heterocycles. The van der Waals surface area contributed by atoms with Crippen LogP contribution in [0.3, 0.4) is 0 Å². The van der Waals surface area contributed by atoms with Gasteiger partial charge in [0.25, 0.3) is 0 Å². The van der Waals surface area contributed by atoms with Crippen molar-refractivity contribution in [3.05, 3.63) is 72.6 Å². The summed E-state index contributed by atoms with van der Waals surface area (Å²) in [6.07, 6.45) is -0.224. The average molecular weight is 531 g/mol. The van der Waals surface area contributed by atoms with Gasteiger partial charge in [-0.3, -0.25) is 4.79 Å². The molecule has 39 heavy (non-hydrogen) atoms. The third kappa shape index (κ3) is 4.45. The van der Waals surface area contributed by atoms with Crippen LogP contribution in [-0.4, -0.2) is 38.4 Å². The molecule has 0 unspecified atom stereocenters. The number of carbonyl (C=O) groups is 1. The molecule has 5 aromatic rings. The van der Waals surface area contributed by atoms with E-state index in [9.17, 15) is 18.0 Å². The molecule has 2 aliphatic rings. The van der Waals surface area contributed by atoms with E-state index in [2.05, 4.69) is 9.97 Å². The number of hydrogen-bond acceptors (Lipinski definition) is 4. The molecule has 0 bridgehead atoms. The van der Waals surface area contributed by atoms with Crippen LogP contribution in [0.25, 0.3) is 44.6 Å². The average Bonchev–Trinajstić information content (AvgIpc) is 3.33. The molecule has 198 valence electrons. The molecule has 2 fully saturated rings. The number of fused-ring (bicyclic) bond motifs is 2. The molecule has 9 heteroatoms. The Morgan fingerprint density at radius 1 is 0.923 bits per heavy atom. The monoisotopic (exact) mass is 530 g/mol. The van der Waals surface area contributed by atoms with E-state index in [1.807, 2.05) is 51.9 Å². The van der Waals surface area contributed by atoms with Gasteiger partial charge in [-0.2, -0.15) is 13.2 Å². The van der Waals surface area contributed by atoms with Gasteiger partial charge in [0.1, 0.15) is 11.3 Å². The molecule has 3 heterocycles. The van der Waals surface area contributed by atoms with Crippen molar-refractivity contribution in [2.45, 2.75) is 32.0 Å². The second-order valence-corrected chi connectivity index (χ2v) is 10.6. The Balaban J connectivity index is 1.24. The molecule has 6 nitrogen and oxygen atoms in total. The number of alkyl halides is 3. The van der Waals surface area contributed by atoms with Gasteiger partial charge in [0.05, 0.1) is 16.6 Å². The zero-order chi connectivity index (χ0) is 26.7. The predicted octanol–water partition coefficient (Wildman–Crippen LogP) is 6.79. The van der Waals surface area contributed by atoms with Crippen LogP contribution in [0.15, 0.2) is 71.5 Å². The fourth-order valence-corrected chi connectivity index (χ4v) is 5.59. The zero-order valence-electron chi connectivity index (χ0n) is 21.0. The summed E-state index contributed by atoms with van der Waals surface area (Å²) in [5.74, 6) is 1.24. The lowest BCUT2D eigenvalue weighted by molar-refractivity contribution is -0.137. The normalized spacial score (nSPS) is 17.9. The van der Waals surface area contributed by atoms with Gasteiger partial charge in [-0.15, -0.1) is 0 Å². The van der Waals surface area contributed by atoms with Crippen molar-refractivity contribution in [3.8, 4) is 22.5 Å². The lowest BCUT2D eigenvalue weighted by atomic mass is 10.0. The molecule has 1 atom stereocenters. The van der Waals surface area contributed by atoms with Crippen molar-refractivity contribution >= 4 is 28.0 Å². The van der Waals surface area contributed by atoms with Gasteiger partial charge >= 0.3 is 6.18 Å². The summed E-state index contributed by atoms with van der Waals surface area (Å²) < 4.78 is 47.8. The highest BCUT2D eigenvalue weighted by Crippen LogP contribution is 2.36. The molecule has 1 aliphatic heterocycles. The summed E-state index contributed by atoms with van der Waals surface area (Å²) in [6, 6.07) is 17.4. The molecule has 0 spiro atoms. The predicted molar refractivity (Wildman–Crippen MR) is 141 cm³/mol. The fourth-order valence-electron chi connectivity index (χ4n) is 5.59. The zero-order valence-corrected chi connectivity index (χ0v) is 21.0. The first-order chi connectivity index (χ1) is 18.8. The Morgan fingerprint density at radius 3 is 2.46 bits per heavy atom. The van der Waals surface area contributed by atoms with E-state index in [0.29, 0.717) is 35.5 Å². The molecule has 0 N–H and O–H groups in total. The molecule has 2 aromatic heterocycles.